The fraction of sp³-hybridized carbons (Fsp3) is 0.500. The van der Waals surface area contributed by atoms with Gasteiger partial charge in [-0.25, -0.2) is 0 Å². The van der Waals surface area contributed by atoms with Crippen molar-refractivity contribution >= 4 is 0 Å². The van der Waals surface area contributed by atoms with Crippen molar-refractivity contribution in [3.05, 3.63) is 37.2 Å². The number of allylic oxidation sites excluding steroid dienone is 1. The molecule has 0 aromatic carbocycles. The van der Waals surface area contributed by atoms with Crippen molar-refractivity contribution in [2.45, 2.75) is 19.3 Å². The van der Waals surface area contributed by atoms with Crippen LogP contribution >= 0.6 is 0 Å². The van der Waals surface area contributed by atoms with Crippen molar-refractivity contribution in [1.29, 1.82) is 0 Å². The van der Waals surface area contributed by atoms with Crippen molar-refractivity contribution in [3.63, 3.8) is 0 Å². The zero-order valence-electron chi connectivity index (χ0n) is 9.52. The summed E-state index contributed by atoms with van der Waals surface area (Å²) in [5.41, 5.74) is 7.20. The molecule has 0 atom stereocenters. The van der Waals surface area contributed by atoms with Gasteiger partial charge in [-0.1, -0.05) is 19.7 Å². The number of nitrogens with one attached hydrogen (secondary N) is 2. The summed E-state index contributed by atoms with van der Waals surface area (Å²) < 4.78 is 0. The minimum Gasteiger partial charge on any atom is -0.388 e. The number of unbranched alkanes of at least 4 members (excludes halogenated alkanes) is 2. The van der Waals surface area contributed by atoms with Crippen LogP contribution < -0.4 is 16.4 Å². The maximum atomic E-state index is 5.39. The third-order valence-corrected chi connectivity index (χ3v) is 2.07. The van der Waals surface area contributed by atoms with Gasteiger partial charge in [0.15, 0.2) is 0 Å². The molecular weight excluding hydrogens is 186 g/mol. The minimum absolute atomic E-state index is 0.515. The third kappa shape index (κ3) is 9.09. The van der Waals surface area contributed by atoms with Crippen LogP contribution in [-0.4, -0.2) is 19.6 Å². The van der Waals surface area contributed by atoms with E-state index >= 15 is 0 Å². The lowest BCUT2D eigenvalue weighted by Gasteiger charge is -2.07. The average molecular weight is 209 g/mol. The van der Waals surface area contributed by atoms with E-state index in [0.717, 1.165) is 37.3 Å². The minimum atomic E-state index is 0.515. The van der Waals surface area contributed by atoms with Crippen molar-refractivity contribution in [1.82, 2.24) is 10.6 Å². The van der Waals surface area contributed by atoms with Crippen molar-refractivity contribution in [3.8, 4) is 0 Å². The summed E-state index contributed by atoms with van der Waals surface area (Å²) in [6.45, 7) is 13.6. The van der Waals surface area contributed by atoms with E-state index in [-0.39, 0.29) is 0 Å². The topological polar surface area (TPSA) is 50.1 Å². The molecule has 0 aliphatic carbocycles. The predicted octanol–water partition coefficient (Wildman–Crippen LogP) is 1.51. The molecule has 4 N–H and O–H groups in total. The van der Waals surface area contributed by atoms with Gasteiger partial charge in [-0.3, -0.25) is 0 Å². The summed E-state index contributed by atoms with van der Waals surface area (Å²) in [7, 11) is 0. The van der Waals surface area contributed by atoms with Gasteiger partial charge < -0.3 is 16.4 Å². The second-order valence-corrected chi connectivity index (χ2v) is 3.45. The molecule has 0 amide bonds. The first-order chi connectivity index (χ1) is 7.20. The molecular formula is C12H23N3. The fourth-order valence-corrected chi connectivity index (χ4v) is 1.09. The summed E-state index contributed by atoms with van der Waals surface area (Å²) in [4.78, 5) is 0. The highest BCUT2D eigenvalue weighted by Crippen LogP contribution is 1.94. The Hall–Kier alpha value is -1.22. The van der Waals surface area contributed by atoms with Gasteiger partial charge >= 0.3 is 0 Å². The molecule has 0 unspecified atom stereocenters. The Balaban J connectivity index is 3.15. The molecule has 15 heavy (non-hydrogen) atoms. The van der Waals surface area contributed by atoms with E-state index in [4.69, 9.17) is 5.73 Å². The van der Waals surface area contributed by atoms with E-state index in [2.05, 4.69) is 30.4 Å². The molecule has 86 valence electrons. The Bertz CT molecular complexity index is 209. The van der Waals surface area contributed by atoms with E-state index in [1.165, 1.54) is 6.42 Å². The van der Waals surface area contributed by atoms with Crippen LogP contribution in [0.25, 0.3) is 0 Å². The third-order valence-electron chi connectivity index (χ3n) is 2.07. The Labute approximate surface area is 93.1 Å². The molecule has 3 heteroatoms. The van der Waals surface area contributed by atoms with Crippen LogP contribution in [0, 0.1) is 0 Å². The standard InChI is InChI=1S/C12H23N3/c1-4-11(2)14-8-6-5-7-9-15-12(3)10-13/h4,14-15H,1-3,5-10,13H2. The Kier molecular flexibility index (Phi) is 8.58. The summed E-state index contributed by atoms with van der Waals surface area (Å²) in [6.07, 6.45) is 5.19. The van der Waals surface area contributed by atoms with Gasteiger partial charge in [-0.15, -0.1) is 0 Å². The van der Waals surface area contributed by atoms with Crippen LogP contribution in [0.3, 0.4) is 0 Å². The van der Waals surface area contributed by atoms with E-state index in [9.17, 15) is 0 Å². The first-order valence-corrected chi connectivity index (χ1v) is 5.37. The lowest BCUT2D eigenvalue weighted by molar-refractivity contribution is 0.622. The van der Waals surface area contributed by atoms with Crippen molar-refractivity contribution in [2.24, 2.45) is 5.73 Å². The smallest absolute Gasteiger partial charge is 0.0322 e. The fourth-order valence-electron chi connectivity index (χ4n) is 1.09. The van der Waals surface area contributed by atoms with Gasteiger partial charge in [0.25, 0.3) is 0 Å². The Morgan fingerprint density at radius 2 is 1.67 bits per heavy atom. The molecule has 0 aromatic heterocycles. The maximum Gasteiger partial charge on any atom is 0.0322 e. The Morgan fingerprint density at radius 1 is 1.07 bits per heavy atom. The highest BCUT2D eigenvalue weighted by atomic mass is 14.9. The molecule has 0 heterocycles. The van der Waals surface area contributed by atoms with Crippen LogP contribution in [0.1, 0.15) is 19.3 Å². The second kappa shape index (κ2) is 9.34. The SMILES string of the molecule is C=CC(=C)NCCCCCNC(=C)CN. The van der Waals surface area contributed by atoms with Crippen LogP contribution in [0.2, 0.25) is 0 Å². The molecule has 0 aliphatic rings. The monoisotopic (exact) mass is 209 g/mol. The first kappa shape index (κ1) is 13.8. The largest absolute Gasteiger partial charge is 0.388 e. The molecule has 0 fully saturated rings. The van der Waals surface area contributed by atoms with Gasteiger partial charge in [-0.05, 0) is 25.3 Å². The average Bonchev–Trinajstić information content (AvgIpc) is 2.26. The van der Waals surface area contributed by atoms with Crippen LogP contribution in [0.5, 0.6) is 0 Å². The zero-order valence-corrected chi connectivity index (χ0v) is 9.52. The number of hydrogen-bond acceptors (Lipinski definition) is 3. The lowest BCUT2D eigenvalue weighted by Crippen LogP contribution is -2.20. The summed E-state index contributed by atoms with van der Waals surface area (Å²) in [6, 6.07) is 0. The summed E-state index contributed by atoms with van der Waals surface area (Å²) in [5.74, 6) is 0. The molecule has 0 bridgehead atoms. The lowest BCUT2D eigenvalue weighted by atomic mass is 10.2. The van der Waals surface area contributed by atoms with E-state index in [1.807, 2.05) is 0 Å². The number of rotatable bonds is 10. The highest BCUT2D eigenvalue weighted by Gasteiger charge is 1.91. The van der Waals surface area contributed by atoms with Gasteiger partial charge in [-0.2, -0.15) is 0 Å². The van der Waals surface area contributed by atoms with Gasteiger partial charge in [0.2, 0.25) is 0 Å². The van der Waals surface area contributed by atoms with Gasteiger partial charge in [0, 0.05) is 31.0 Å². The van der Waals surface area contributed by atoms with Gasteiger partial charge in [0.1, 0.15) is 0 Å². The summed E-state index contributed by atoms with van der Waals surface area (Å²) in [5, 5.41) is 6.34. The van der Waals surface area contributed by atoms with E-state index < -0.39 is 0 Å². The normalized spacial score (nSPS) is 9.40. The maximum absolute atomic E-state index is 5.39. The second-order valence-electron chi connectivity index (χ2n) is 3.45. The van der Waals surface area contributed by atoms with E-state index in [1.54, 1.807) is 6.08 Å². The molecule has 0 aliphatic heterocycles. The van der Waals surface area contributed by atoms with Crippen molar-refractivity contribution in [2.75, 3.05) is 19.6 Å². The highest BCUT2D eigenvalue weighted by molar-refractivity contribution is 5.07. The van der Waals surface area contributed by atoms with Crippen LogP contribution in [-0.2, 0) is 0 Å². The quantitative estimate of drug-likeness (QED) is 0.377. The molecule has 0 radical (unpaired) electrons. The molecule has 0 saturated heterocycles. The van der Waals surface area contributed by atoms with Gasteiger partial charge in [0.05, 0.1) is 0 Å². The summed E-state index contributed by atoms with van der Waals surface area (Å²) >= 11 is 0. The molecule has 0 spiro atoms. The molecule has 3 nitrogen and oxygen atoms in total. The van der Waals surface area contributed by atoms with E-state index in [0.29, 0.717) is 6.54 Å². The molecule has 0 rings (SSSR count). The molecule has 0 aromatic rings. The zero-order chi connectivity index (χ0) is 11.5. The number of hydrogen-bond donors (Lipinski definition) is 3. The first-order valence-electron chi connectivity index (χ1n) is 5.37. The molecule has 0 saturated carbocycles. The van der Waals surface area contributed by atoms with Crippen LogP contribution in [0.4, 0.5) is 0 Å². The van der Waals surface area contributed by atoms with Crippen LogP contribution in [0.15, 0.2) is 37.2 Å². The number of nitrogens with two attached hydrogens (primary N) is 1. The predicted molar refractivity (Wildman–Crippen MR) is 67.4 cm³/mol. The van der Waals surface area contributed by atoms with Crippen molar-refractivity contribution < 1.29 is 0 Å². The Morgan fingerprint density at radius 3 is 2.20 bits per heavy atom.